The van der Waals surface area contributed by atoms with Crippen LogP contribution < -0.4 is 11.1 Å². The van der Waals surface area contributed by atoms with E-state index in [0.717, 1.165) is 24.1 Å². The highest BCUT2D eigenvalue weighted by atomic mass is 32.1. The molecule has 100 valence electrons. The van der Waals surface area contributed by atoms with E-state index in [9.17, 15) is 4.79 Å². The summed E-state index contributed by atoms with van der Waals surface area (Å²) < 4.78 is 0. The number of thiophene rings is 1. The Morgan fingerprint density at radius 1 is 1.50 bits per heavy atom. The third-order valence-corrected chi connectivity index (χ3v) is 3.74. The molecule has 0 aliphatic heterocycles. The number of carbonyl (C=O) groups excluding carboxylic acids is 1. The van der Waals surface area contributed by atoms with Gasteiger partial charge in [0.05, 0.1) is 4.88 Å². The standard InChI is InChI=1S/C12H19N3O2S/c1-2-9-6-7-10(18-9)12(16)14-8-4-3-5-11(13)15-17/h6-7,17H,2-5,8H2,1H3,(H2,13,15)(H,14,16). The van der Waals surface area contributed by atoms with Gasteiger partial charge in [-0.3, -0.25) is 4.79 Å². The monoisotopic (exact) mass is 269 g/mol. The number of amidine groups is 1. The van der Waals surface area contributed by atoms with Crippen molar-refractivity contribution in [3.05, 3.63) is 21.9 Å². The molecule has 0 atom stereocenters. The minimum absolute atomic E-state index is 0.0245. The summed E-state index contributed by atoms with van der Waals surface area (Å²) in [5.41, 5.74) is 5.34. The molecule has 0 aliphatic carbocycles. The van der Waals surface area contributed by atoms with Crippen LogP contribution in [0.2, 0.25) is 0 Å². The molecule has 0 aliphatic rings. The predicted octanol–water partition coefficient (Wildman–Crippen LogP) is 1.96. The molecule has 1 amide bonds. The van der Waals surface area contributed by atoms with Crippen molar-refractivity contribution in [1.29, 1.82) is 0 Å². The Bertz CT molecular complexity index is 415. The van der Waals surface area contributed by atoms with Crippen LogP contribution in [0.5, 0.6) is 0 Å². The van der Waals surface area contributed by atoms with E-state index in [1.54, 1.807) is 0 Å². The number of oxime groups is 1. The van der Waals surface area contributed by atoms with Crippen LogP contribution >= 0.6 is 11.3 Å². The van der Waals surface area contributed by atoms with Gasteiger partial charge in [-0.2, -0.15) is 0 Å². The van der Waals surface area contributed by atoms with Crippen LogP contribution in [0.4, 0.5) is 0 Å². The van der Waals surface area contributed by atoms with Crippen molar-refractivity contribution in [2.75, 3.05) is 6.54 Å². The summed E-state index contributed by atoms with van der Waals surface area (Å²) in [5, 5.41) is 14.1. The minimum atomic E-state index is -0.0245. The molecule has 5 nitrogen and oxygen atoms in total. The molecular formula is C12H19N3O2S. The second kappa shape index (κ2) is 7.71. The van der Waals surface area contributed by atoms with Gasteiger partial charge in [-0.1, -0.05) is 12.1 Å². The van der Waals surface area contributed by atoms with Gasteiger partial charge < -0.3 is 16.3 Å². The van der Waals surface area contributed by atoms with Crippen molar-refractivity contribution in [3.63, 3.8) is 0 Å². The Morgan fingerprint density at radius 2 is 2.28 bits per heavy atom. The maximum absolute atomic E-state index is 11.7. The molecule has 0 spiro atoms. The first-order valence-electron chi connectivity index (χ1n) is 6.00. The summed E-state index contributed by atoms with van der Waals surface area (Å²) in [4.78, 5) is 13.7. The second-order valence-corrected chi connectivity index (χ2v) is 5.09. The van der Waals surface area contributed by atoms with Crippen LogP contribution in [0.3, 0.4) is 0 Å². The zero-order valence-corrected chi connectivity index (χ0v) is 11.3. The molecule has 4 N–H and O–H groups in total. The summed E-state index contributed by atoms with van der Waals surface area (Å²) in [5.74, 6) is 0.204. The summed E-state index contributed by atoms with van der Waals surface area (Å²) in [7, 11) is 0. The largest absolute Gasteiger partial charge is 0.409 e. The number of hydrogen-bond acceptors (Lipinski definition) is 4. The van der Waals surface area contributed by atoms with Gasteiger partial charge in [0.15, 0.2) is 0 Å². The van der Waals surface area contributed by atoms with Crippen molar-refractivity contribution in [2.45, 2.75) is 32.6 Å². The number of rotatable bonds is 7. The average molecular weight is 269 g/mol. The molecule has 0 saturated carbocycles. The van der Waals surface area contributed by atoms with E-state index in [2.05, 4.69) is 17.4 Å². The van der Waals surface area contributed by atoms with E-state index in [0.29, 0.717) is 13.0 Å². The quantitative estimate of drug-likeness (QED) is 0.232. The summed E-state index contributed by atoms with van der Waals surface area (Å²) in [6.07, 6.45) is 3.11. The molecule has 0 fully saturated rings. The van der Waals surface area contributed by atoms with E-state index in [1.807, 2.05) is 12.1 Å². The van der Waals surface area contributed by atoms with Gasteiger partial charge >= 0.3 is 0 Å². The molecule has 0 unspecified atom stereocenters. The average Bonchev–Trinajstić information content (AvgIpc) is 2.86. The van der Waals surface area contributed by atoms with Crippen LogP contribution in [0, 0.1) is 0 Å². The Kier molecular flexibility index (Phi) is 6.21. The molecule has 0 radical (unpaired) electrons. The molecule has 0 bridgehead atoms. The summed E-state index contributed by atoms with van der Waals surface area (Å²) >= 11 is 1.53. The molecule has 0 saturated heterocycles. The van der Waals surface area contributed by atoms with Crippen LogP contribution in [0.25, 0.3) is 0 Å². The Balaban J connectivity index is 2.21. The lowest BCUT2D eigenvalue weighted by molar-refractivity contribution is 0.0957. The SMILES string of the molecule is CCc1ccc(C(=O)NCCCCC(N)=NO)s1. The topological polar surface area (TPSA) is 87.7 Å². The fourth-order valence-corrected chi connectivity index (χ4v) is 2.32. The summed E-state index contributed by atoms with van der Waals surface area (Å²) in [6, 6.07) is 3.84. The Hall–Kier alpha value is -1.56. The molecule has 6 heteroatoms. The molecule has 1 rings (SSSR count). The first-order valence-corrected chi connectivity index (χ1v) is 6.82. The van der Waals surface area contributed by atoms with Gasteiger partial charge in [0, 0.05) is 17.8 Å². The number of nitrogens with two attached hydrogens (primary N) is 1. The number of unbranched alkanes of at least 4 members (excludes halogenated alkanes) is 1. The second-order valence-electron chi connectivity index (χ2n) is 3.92. The highest BCUT2D eigenvalue weighted by molar-refractivity contribution is 7.14. The molecular weight excluding hydrogens is 250 g/mol. The molecule has 18 heavy (non-hydrogen) atoms. The van der Waals surface area contributed by atoms with Gasteiger partial charge in [-0.15, -0.1) is 11.3 Å². The van der Waals surface area contributed by atoms with Crippen molar-refractivity contribution in [2.24, 2.45) is 10.9 Å². The lowest BCUT2D eigenvalue weighted by Crippen LogP contribution is -2.23. The van der Waals surface area contributed by atoms with E-state index >= 15 is 0 Å². The molecule has 1 aromatic rings. The van der Waals surface area contributed by atoms with Crippen LogP contribution in [0.15, 0.2) is 17.3 Å². The third kappa shape index (κ3) is 4.75. The van der Waals surface area contributed by atoms with E-state index < -0.39 is 0 Å². The van der Waals surface area contributed by atoms with Crippen LogP contribution in [0.1, 0.15) is 40.7 Å². The highest BCUT2D eigenvalue weighted by Crippen LogP contribution is 2.16. The van der Waals surface area contributed by atoms with E-state index in [1.165, 1.54) is 16.2 Å². The van der Waals surface area contributed by atoms with Gasteiger partial charge in [0.25, 0.3) is 5.91 Å². The van der Waals surface area contributed by atoms with Crippen molar-refractivity contribution in [3.8, 4) is 0 Å². The first-order chi connectivity index (χ1) is 8.67. The number of carbonyl (C=O) groups is 1. The molecule has 1 aromatic heterocycles. The number of hydrogen-bond donors (Lipinski definition) is 3. The normalized spacial score (nSPS) is 11.5. The molecule has 1 heterocycles. The van der Waals surface area contributed by atoms with Crippen LogP contribution in [-0.4, -0.2) is 23.5 Å². The maximum atomic E-state index is 11.7. The lowest BCUT2D eigenvalue weighted by atomic mass is 10.2. The zero-order valence-electron chi connectivity index (χ0n) is 10.5. The zero-order chi connectivity index (χ0) is 13.4. The van der Waals surface area contributed by atoms with Crippen LogP contribution in [-0.2, 0) is 6.42 Å². The lowest BCUT2D eigenvalue weighted by Gasteiger charge is -2.03. The van der Waals surface area contributed by atoms with Gasteiger partial charge in [-0.25, -0.2) is 0 Å². The fourth-order valence-electron chi connectivity index (χ4n) is 1.46. The van der Waals surface area contributed by atoms with E-state index in [4.69, 9.17) is 10.9 Å². The number of nitrogens with one attached hydrogen (secondary N) is 1. The van der Waals surface area contributed by atoms with Gasteiger partial charge in [0.2, 0.25) is 0 Å². The predicted molar refractivity (Wildman–Crippen MR) is 73.3 cm³/mol. The summed E-state index contributed by atoms with van der Waals surface area (Å²) in [6.45, 7) is 2.68. The third-order valence-electron chi connectivity index (χ3n) is 2.51. The van der Waals surface area contributed by atoms with Crippen molar-refractivity contribution in [1.82, 2.24) is 5.32 Å². The maximum Gasteiger partial charge on any atom is 0.261 e. The van der Waals surface area contributed by atoms with Gasteiger partial charge in [0.1, 0.15) is 5.84 Å². The minimum Gasteiger partial charge on any atom is -0.409 e. The number of amides is 1. The Morgan fingerprint density at radius 3 is 2.89 bits per heavy atom. The fraction of sp³-hybridized carbons (Fsp3) is 0.500. The Labute approximate surface area is 111 Å². The molecule has 0 aromatic carbocycles. The first kappa shape index (κ1) is 14.5. The van der Waals surface area contributed by atoms with Crippen molar-refractivity contribution < 1.29 is 10.0 Å². The number of aryl methyl sites for hydroxylation is 1. The highest BCUT2D eigenvalue weighted by Gasteiger charge is 2.07. The van der Waals surface area contributed by atoms with E-state index in [-0.39, 0.29) is 11.7 Å². The number of nitrogens with zero attached hydrogens (tertiary/aromatic N) is 1. The smallest absolute Gasteiger partial charge is 0.261 e. The van der Waals surface area contributed by atoms with Crippen molar-refractivity contribution >= 4 is 23.1 Å². The van der Waals surface area contributed by atoms with Gasteiger partial charge in [-0.05, 0) is 31.4 Å².